The van der Waals surface area contributed by atoms with E-state index < -0.39 is 12.0 Å². The average Bonchev–Trinajstić information content (AvgIpc) is 2.15. The van der Waals surface area contributed by atoms with Gasteiger partial charge in [-0.05, 0) is 25.1 Å². The summed E-state index contributed by atoms with van der Waals surface area (Å²) in [6.07, 6.45) is -0.831. The van der Waals surface area contributed by atoms with Gasteiger partial charge in [-0.25, -0.2) is 8.78 Å². The quantitative estimate of drug-likeness (QED) is 0.841. The van der Waals surface area contributed by atoms with Crippen molar-refractivity contribution in [1.82, 2.24) is 0 Å². The van der Waals surface area contributed by atoms with Crippen LogP contribution in [0.25, 0.3) is 0 Å². The van der Waals surface area contributed by atoms with Crippen LogP contribution in [0.15, 0.2) is 18.2 Å². The van der Waals surface area contributed by atoms with Gasteiger partial charge < -0.3 is 9.84 Å². The number of alkyl halides is 2. The van der Waals surface area contributed by atoms with Gasteiger partial charge in [-0.15, -0.1) is 0 Å². The number of hydrogen-bond donors (Lipinski definition) is 1. The Hall–Kier alpha value is -1.16. The Morgan fingerprint density at radius 3 is 2.40 bits per heavy atom. The van der Waals surface area contributed by atoms with Crippen LogP contribution in [-0.2, 0) is 5.92 Å². The summed E-state index contributed by atoms with van der Waals surface area (Å²) in [6.45, 7) is 2.33. The second kappa shape index (κ2) is 4.14. The molecule has 1 aromatic carbocycles. The van der Waals surface area contributed by atoms with Crippen LogP contribution in [0.5, 0.6) is 5.75 Å². The van der Waals surface area contributed by atoms with Crippen LogP contribution in [0.4, 0.5) is 8.78 Å². The van der Waals surface area contributed by atoms with E-state index in [-0.39, 0.29) is 5.56 Å². The fraction of sp³-hybridized carbons (Fsp3) is 0.455. The van der Waals surface area contributed by atoms with Gasteiger partial charge in [-0.2, -0.15) is 0 Å². The number of aliphatic hydroxyl groups is 1. The molecule has 1 unspecified atom stereocenters. The molecule has 0 spiro atoms. The van der Waals surface area contributed by atoms with Crippen LogP contribution in [-0.4, -0.2) is 12.2 Å². The zero-order valence-corrected chi connectivity index (χ0v) is 8.92. The molecule has 0 radical (unpaired) electrons. The molecule has 0 fully saturated rings. The monoisotopic (exact) mass is 216 g/mol. The van der Waals surface area contributed by atoms with E-state index in [1.165, 1.54) is 32.2 Å². The number of aliphatic hydroxyl groups excluding tert-OH is 1. The zero-order chi connectivity index (χ0) is 11.6. The molecule has 0 bridgehead atoms. The highest BCUT2D eigenvalue weighted by atomic mass is 19.3. The third-order valence-electron chi connectivity index (χ3n) is 2.19. The number of methoxy groups -OCH3 is 1. The number of ether oxygens (including phenoxy) is 1. The molecule has 84 valence electrons. The Morgan fingerprint density at radius 1 is 1.40 bits per heavy atom. The molecular formula is C11H14F2O2. The van der Waals surface area contributed by atoms with Crippen molar-refractivity contribution >= 4 is 0 Å². The van der Waals surface area contributed by atoms with Crippen molar-refractivity contribution in [2.75, 3.05) is 7.11 Å². The standard InChI is InChI=1S/C11H14F2O2/c1-7(14)9-6-8(11(2,12)13)4-5-10(9)15-3/h4-7,14H,1-3H3. The maximum absolute atomic E-state index is 13.0. The molecule has 0 aromatic heterocycles. The molecular weight excluding hydrogens is 202 g/mol. The number of rotatable bonds is 3. The first-order valence-electron chi connectivity index (χ1n) is 4.60. The van der Waals surface area contributed by atoms with E-state index in [0.717, 1.165) is 6.92 Å². The SMILES string of the molecule is COc1ccc(C(C)(F)F)cc1C(C)O. The molecule has 0 heterocycles. The fourth-order valence-corrected chi connectivity index (χ4v) is 1.33. The van der Waals surface area contributed by atoms with Gasteiger partial charge in [0.25, 0.3) is 5.92 Å². The Kier molecular flexibility index (Phi) is 3.29. The van der Waals surface area contributed by atoms with Crippen molar-refractivity contribution in [2.24, 2.45) is 0 Å². The summed E-state index contributed by atoms with van der Waals surface area (Å²) in [5.74, 6) is -2.49. The average molecular weight is 216 g/mol. The van der Waals surface area contributed by atoms with Gasteiger partial charge in [0, 0.05) is 18.1 Å². The second-order valence-electron chi connectivity index (χ2n) is 3.52. The van der Waals surface area contributed by atoms with Crippen LogP contribution >= 0.6 is 0 Å². The molecule has 2 nitrogen and oxygen atoms in total. The molecule has 1 rings (SSSR count). The first kappa shape index (κ1) is 11.9. The van der Waals surface area contributed by atoms with Crippen molar-refractivity contribution < 1.29 is 18.6 Å². The van der Waals surface area contributed by atoms with E-state index in [2.05, 4.69) is 0 Å². The molecule has 1 atom stereocenters. The largest absolute Gasteiger partial charge is 0.496 e. The number of halogens is 2. The minimum absolute atomic E-state index is 0.126. The van der Waals surface area contributed by atoms with Gasteiger partial charge in [0.05, 0.1) is 13.2 Å². The van der Waals surface area contributed by atoms with Crippen LogP contribution in [0.2, 0.25) is 0 Å². The highest BCUT2D eigenvalue weighted by Crippen LogP contribution is 2.33. The highest BCUT2D eigenvalue weighted by Gasteiger charge is 2.25. The molecule has 0 aliphatic rings. The molecule has 1 aromatic rings. The van der Waals surface area contributed by atoms with Crippen LogP contribution < -0.4 is 4.74 Å². The summed E-state index contributed by atoms with van der Waals surface area (Å²) in [5.41, 5.74) is 0.246. The topological polar surface area (TPSA) is 29.5 Å². The Labute approximate surface area is 87.5 Å². The fourth-order valence-electron chi connectivity index (χ4n) is 1.33. The van der Waals surface area contributed by atoms with Crippen LogP contribution in [0.3, 0.4) is 0 Å². The van der Waals surface area contributed by atoms with Crippen molar-refractivity contribution in [2.45, 2.75) is 25.9 Å². The number of benzene rings is 1. The third-order valence-corrected chi connectivity index (χ3v) is 2.19. The molecule has 0 saturated carbocycles. The molecule has 0 aliphatic carbocycles. The summed E-state index contributed by atoms with van der Waals surface area (Å²) in [7, 11) is 1.44. The minimum atomic E-state index is -2.91. The normalized spacial score (nSPS) is 13.7. The Morgan fingerprint density at radius 2 is 2.00 bits per heavy atom. The summed E-state index contributed by atoms with van der Waals surface area (Å²) >= 11 is 0. The molecule has 0 aliphatic heterocycles. The zero-order valence-electron chi connectivity index (χ0n) is 8.92. The predicted molar refractivity (Wildman–Crippen MR) is 53.2 cm³/mol. The van der Waals surface area contributed by atoms with Crippen molar-refractivity contribution in [3.05, 3.63) is 29.3 Å². The summed E-state index contributed by atoms with van der Waals surface area (Å²) in [6, 6.07) is 4.00. The maximum Gasteiger partial charge on any atom is 0.270 e. The Balaban J connectivity index is 3.22. The van der Waals surface area contributed by atoms with E-state index in [9.17, 15) is 13.9 Å². The van der Waals surface area contributed by atoms with Crippen molar-refractivity contribution in [3.63, 3.8) is 0 Å². The minimum Gasteiger partial charge on any atom is -0.496 e. The molecule has 0 amide bonds. The molecule has 4 heteroatoms. The first-order valence-corrected chi connectivity index (χ1v) is 4.60. The van der Waals surface area contributed by atoms with Gasteiger partial charge in [0.1, 0.15) is 5.75 Å². The smallest absolute Gasteiger partial charge is 0.270 e. The van der Waals surface area contributed by atoms with E-state index in [1.54, 1.807) is 0 Å². The lowest BCUT2D eigenvalue weighted by Gasteiger charge is -2.16. The predicted octanol–water partition coefficient (Wildman–Crippen LogP) is 2.86. The van der Waals surface area contributed by atoms with Gasteiger partial charge in [-0.1, -0.05) is 0 Å². The summed E-state index contributed by atoms with van der Waals surface area (Å²) in [4.78, 5) is 0. The van der Waals surface area contributed by atoms with Crippen LogP contribution in [0, 0.1) is 0 Å². The molecule has 1 N–H and O–H groups in total. The lowest BCUT2D eigenvalue weighted by Crippen LogP contribution is -2.08. The second-order valence-corrected chi connectivity index (χ2v) is 3.52. The van der Waals surface area contributed by atoms with Crippen molar-refractivity contribution in [3.8, 4) is 5.75 Å². The van der Waals surface area contributed by atoms with Crippen LogP contribution in [0.1, 0.15) is 31.1 Å². The third kappa shape index (κ3) is 2.65. The first-order chi connectivity index (χ1) is 6.86. The number of hydrogen-bond acceptors (Lipinski definition) is 2. The maximum atomic E-state index is 13.0. The van der Waals surface area contributed by atoms with E-state index in [1.807, 2.05) is 0 Å². The highest BCUT2D eigenvalue weighted by molar-refractivity contribution is 5.39. The van der Waals surface area contributed by atoms with Gasteiger partial charge >= 0.3 is 0 Å². The Bertz CT molecular complexity index is 343. The summed E-state index contributed by atoms with van der Waals surface area (Å²) in [5, 5.41) is 9.40. The van der Waals surface area contributed by atoms with E-state index in [0.29, 0.717) is 11.3 Å². The van der Waals surface area contributed by atoms with Crippen molar-refractivity contribution in [1.29, 1.82) is 0 Å². The lowest BCUT2D eigenvalue weighted by atomic mass is 10.0. The van der Waals surface area contributed by atoms with Gasteiger partial charge in [-0.3, -0.25) is 0 Å². The van der Waals surface area contributed by atoms with E-state index >= 15 is 0 Å². The lowest BCUT2D eigenvalue weighted by molar-refractivity contribution is 0.0172. The molecule has 15 heavy (non-hydrogen) atoms. The van der Waals surface area contributed by atoms with E-state index in [4.69, 9.17) is 4.74 Å². The summed E-state index contributed by atoms with van der Waals surface area (Å²) < 4.78 is 31.0. The van der Waals surface area contributed by atoms with Gasteiger partial charge in [0.2, 0.25) is 0 Å². The molecule has 0 saturated heterocycles. The van der Waals surface area contributed by atoms with Gasteiger partial charge in [0.15, 0.2) is 0 Å².